The van der Waals surface area contributed by atoms with E-state index in [2.05, 4.69) is 26.5 Å². The molecule has 2 N–H and O–H groups in total. The van der Waals surface area contributed by atoms with Gasteiger partial charge in [-0.1, -0.05) is 0 Å². The van der Waals surface area contributed by atoms with Crippen LogP contribution in [0.3, 0.4) is 0 Å². The van der Waals surface area contributed by atoms with Crippen LogP contribution >= 0.6 is 0 Å². The minimum atomic E-state index is -0.162. The molecule has 3 heterocycles. The summed E-state index contributed by atoms with van der Waals surface area (Å²) >= 11 is 0. The Hall–Kier alpha value is -2.59. The number of rotatable bonds is 4. The number of anilines is 1. The summed E-state index contributed by atoms with van der Waals surface area (Å²) in [6.45, 7) is 5.59. The molecule has 1 amide bonds. The average Bonchev–Trinajstić information content (AvgIpc) is 3.17. The van der Waals surface area contributed by atoms with E-state index in [-0.39, 0.29) is 18.3 Å². The molecule has 1 aliphatic rings. The number of carbonyl (C=O) groups excluding carboxylic acids is 1. The summed E-state index contributed by atoms with van der Waals surface area (Å²) < 4.78 is 5.49. The van der Waals surface area contributed by atoms with Crippen molar-refractivity contribution in [1.82, 2.24) is 15.1 Å². The maximum Gasteiger partial charge on any atom is 0.240 e. The molecular formula is C17H21N5O2. The van der Waals surface area contributed by atoms with Crippen LogP contribution in [0.4, 0.5) is 5.88 Å². The van der Waals surface area contributed by atoms with E-state index in [0.29, 0.717) is 17.2 Å². The molecule has 1 saturated heterocycles. The average molecular weight is 327 g/mol. The van der Waals surface area contributed by atoms with E-state index in [1.54, 1.807) is 13.1 Å². The number of aryl methyl sites for hydroxylation is 1. The van der Waals surface area contributed by atoms with E-state index < -0.39 is 0 Å². The highest BCUT2D eigenvalue weighted by molar-refractivity contribution is 5.92. The maximum atomic E-state index is 12.3. The van der Waals surface area contributed by atoms with Crippen molar-refractivity contribution >= 4 is 11.8 Å². The van der Waals surface area contributed by atoms with Crippen LogP contribution in [-0.2, 0) is 4.79 Å². The topological polar surface area (TPSA) is 97.9 Å². The number of nitrogens with one attached hydrogen (secondary N) is 2. The number of furan rings is 1. The van der Waals surface area contributed by atoms with Crippen molar-refractivity contribution < 1.29 is 9.21 Å². The lowest BCUT2D eigenvalue weighted by atomic mass is 9.95. The van der Waals surface area contributed by atoms with Crippen molar-refractivity contribution in [3.63, 3.8) is 0 Å². The Balaban J connectivity index is 1.61. The number of piperidine rings is 1. The number of H-pyrrole nitrogens is 1. The van der Waals surface area contributed by atoms with Gasteiger partial charge in [0.1, 0.15) is 17.4 Å². The monoisotopic (exact) mass is 327 g/mol. The molecule has 0 radical (unpaired) electrons. The Kier molecular flexibility index (Phi) is 4.67. The number of likely N-dealkylation sites (tertiary alicyclic amines) is 1. The third-order valence-corrected chi connectivity index (χ3v) is 4.58. The lowest BCUT2D eigenvalue weighted by Crippen LogP contribution is -2.39. The van der Waals surface area contributed by atoms with Gasteiger partial charge in [0.15, 0.2) is 0 Å². The molecule has 7 nitrogen and oxygen atoms in total. The van der Waals surface area contributed by atoms with Crippen molar-refractivity contribution in [3.8, 4) is 6.07 Å². The molecule has 24 heavy (non-hydrogen) atoms. The summed E-state index contributed by atoms with van der Waals surface area (Å²) in [4.78, 5) is 14.4. The summed E-state index contributed by atoms with van der Waals surface area (Å²) in [6, 6.07) is 4.07. The quantitative estimate of drug-likeness (QED) is 0.898. The van der Waals surface area contributed by atoms with Crippen molar-refractivity contribution in [2.75, 3.05) is 25.0 Å². The van der Waals surface area contributed by atoms with Crippen LogP contribution in [0.5, 0.6) is 0 Å². The summed E-state index contributed by atoms with van der Waals surface area (Å²) in [5.74, 6) is 1.11. The fraction of sp³-hybridized carbons (Fsp3) is 0.471. The zero-order valence-electron chi connectivity index (χ0n) is 13.9. The van der Waals surface area contributed by atoms with Crippen LogP contribution in [0, 0.1) is 25.2 Å². The lowest BCUT2D eigenvalue weighted by Gasteiger charge is -2.31. The highest BCUT2D eigenvalue weighted by Crippen LogP contribution is 2.27. The fourth-order valence-corrected chi connectivity index (χ4v) is 3.17. The second-order valence-corrected chi connectivity index (χ2v) is 6.23. The zero-order valence-corrected chi connectivity index (χ0v) is 13.9. The van der Waals surface area contributed by atoms with Crippen LogP contribution < -0.4 is 5.32 Å². The molecule has 1 fully saturated rings. The lowest BCUT2D eigenvalue weighted by molar-refractivity contribution is -0.117. The molecule has 0 unspecified atom stereocenters. The van der Waals surface area contributed by atoms with E-state index >= 15 is 0 Å². The minimum Gasteiger partial charge on any atom is -0.444 e. The molecule has 1 aliphatic heterocycles. The Morgan fingerprint density at radius 2 is 2.42 bits per heavy atom. The van der Waals surface area contributed by atoms with Gasteiger partial charge in [0.2, 0.25) is 11.8 Å². The third-order valence-electron chi connectivity index (χ3n) is 4.58. The molecular weight excluding hydrogens is 306 g/mol. The number of aromatic amines is 1. The molecule has 3 rings (SSSR count). The van der Waals surface area contributed by atoms with E-state index in [9.17, 15) is 10.1 Å². The van der Waals surface area contributed by atoms with Gasteiger partial charge >= 0.3 is 0 Å². The molecule has 0 spiro atoms. The summed E-state index contributed by atoms with van der Waals surface area (Å²) in [5.41, 5.74) is 2.28. The molecule has 1 atom stereocenters. The second kappa shape index (κ2) is 6.89. The first-order chi connectivity index (χ1) is 11.6. The number of nitriles is 1. The van der Waals surface area contributed by atoms with Gasteiger partial charge in [-0.2, -0.15) is 10.4 Å². The number of nitrogens with zero attached hydrogens (tertiary/aromatic N) is 3. The van der Waals surface area contributed by atoms with Crippen molar-refractivity contribution in [1.29, 1.82) is 5.26 Å². The maximum absolute atomic E-state index is 12.3. The van der Waals surface area contributed by atoms with Crippen molar-refractivity contribution in [2.24, 2.45) is 0 Å². The van der Waals surface area contributed by atoms with Crippen molar-refractivity contribution in [3.05, 3.63) is 34.8 Å². The predicted molar refractivity (Wildman–Crippen MR) is 88.5 cm³/mol. The van der Waals surface area contributed by atoms with Crippen LogP contribution in [0.15, 0.2) is 16.7 Å². The first-order valence-electron chi connectivity index (χ1n) is 8.10. The number of amides is 1. The normalized spacial score (nSPS) is 18.3. The molecule has 126 valence electrons. The smallest absolute Gasteiger partial charge is 0.240 e. The second-order valence-electron chi connectivity index (χ2n) is 6.23. The van der Waals surface area contributed by atoms with Crippen LogP contribution in [0.1, 0.15) is 41.3 Å². The number of carbonyl (C=O) groups is 1. The van der Waals surface area contributed by atoms with Crippen molar-refractivity contribution in [2.45, 2.75) is 32.6 Å². The molecule has 2 aromatic rings. The Labute approximate surface area is 140 Å². The van der Waals surface area contributed by atoms with E-state index in [1.807, 2.05) is 13.0 Å². The van der Waals surface area contributed by atoms with Gasteiger partial charge in [-0.15, -0.1) is 0 Å². The number of aromatic nitrogens is 2. The summed E-state index contributed by atoms with van der Waals surface area (Å²) in [5, 5.41) is 19.0. The Morgan fingerprint density at radius 3 is 3.12 bits per heavy atom. The Morgan fingerprint density at radius 1 is 1.58 bits per heavy atom. The predicted octanol–water partition coefficient (Wildman–Crippen LogP) is 2.31. The van der Waals surface area contributed by atoms with Gasteiger partial charge < -0.3 is 4.42 Å². The highest BCUT2D eigenvalue weighted by Gasteiger charge is 2.24. The largest absolute Gasteiger partial charge is 0.444 e. The molecule has 2 aromatic heterocycles. The molecule has 0 aromatic carbocycles. The first kappa shape index (κ1) is 16.3. The van der Waals surface area contributed by atoms with E-state index in [0.717, 1.165) is 37.2 Å². The first-order valence-corrected chi connectivity index (χ1v) is 8.10. The van der Waals surface area contributed by atoms with Crippen LogP contribution in [-0.4, -0.2) is 40.6 Å². The van der Waals surface area contributed by atoms with E-state index in [1.165, 1.54) is 0 Å². The molecule has 0 bridgehead atoms. The third kappa shape index (κ3) is 3.34. The van der Waals surface area contributed by atoms with Crippen LogP contribution in [0.2, 0.25) is 0 Å². The van der Waals surface area contributed by atoms with Gasteiger partial charge in [0.05, 0.1) is 6.54 Å². The molecule has 0 saturated carbocycles. The van der Waals surface area contributed by atoms with Crippen LogP contribution in [0.25, 0.3) is 0 Å². The van der Waals surface area contributed by atoms with Gasteiger partial charge in [-0.25, -0.2) is 0 Å². The number of hydrogen-bond donors (Lipinski definition) is 2. The standard InChI is InChI=1S/C17H21N5O2/c1-11-12(2)24-17(14(11)8-18)20-16(23)10-22-7-3-4-13(9-22)15-5-6-19-21-15/h5-6,13H,3-4,7,9-10H2,1-2H3,(H,19,21)(H,20,23)/t13-/m1/s1. The van der Waals surface area contributed by atoms with Gasteiger partial charge in [0, 0.05) is 29.9 Å². The van der Waals surface area contributed by atoms with Gasteiger partial charge in [-0.3, -0.25) is 20.1 Å². The minimum absolute atomic E-state index is 0.162. The number of hydrogen-bond acceptors (Lipinski definition) is 5. The molecule has 0 aliphatic carbocycles. The zero-order chi connectivity index (χ0) is 17.1. The summed E-state index contributed by atoms with van der Waals surface area (Å²) in [7, 11) is 0. The molecule has 7 heteroatoms. The van der Waals surface area contributed by atoms with E-state index in [4.69, 9.17) is 4.42 Å². The highest BCUT2D eigenvalue weighted by atomic mass is 16.4. The van der Waals surface area contributed by atoms with Gasteiger partial charge in [0.25, 0.3) is 0 Å². The fourth-order valence-electron chi connectivity index (χ4n) is 3.17. The Bertz CT molecular complexity index is 757. The SMILES string of the molecule is Cc1oc(NC(=O)CN2CCC[C@@H](c3ccn[nH]3)C2)c(C#N)c1C. The summed E-state index contributed by atoms with van der Waals surface area (Å²) in [6.07, 6.45) is 3.89. The van der Waals surface area contributed by atoms with Gasteiger partial charge in [-0.05, 0) is 39.3 Å².